The van der Waals surface area contributed by atoms with Gasteiger partial charge in [-0.05, 0) is 37.1 Å². The largest absolute Gasteiger partial charge is 0.383 e. The minimum absolute atomic E-state index is 0.244. The molecule has 7 heteroatoms. The molecule has 0 saturated carbocycles. The number of nitrogens with one attached hydrogen (secondary N) is 2. The summed E-state index contributed by atoms with van der Waals surface area (Å²) in [5.41, 5.74) is 2.48. The van der Waals surface area contributed by atoms with Crippen molar-refractivity contribution in [2.24, 2.45) is 0 Å². The standard InChI is InChI=1S/C18H23N5O2/c1-25-11-8-19-18(24)16-12-17(21-13-20-16)22-14-4-6-15(7-5-14)23-9-2-3-10-23/h4-7,12-13H,2-3,8-11H2,1H3,(H,19,24)(H,20,21,22). The highest BCUT2D eigenvalue weighted by Gasteiger charge is 2.12. The van der Waals surface area contributed by atoms with Gasteiger partial charge < -0.3 is 20.3 Å². The fraction of sp³-hybridized carbons (Fsp3) is 0.389. The maximum atomic E-state index is 12.0. The monoisotopic (exact) mass is 341 g/mol. The predicted octanol–water partition coefficient (Wildman–Crippen LogP) is 2.20. The van der Waals surface area contributed by atoms with Gasteiger partial charge in [0.1, 0.15) is 17.8 Å². The van der Waals surface area contributed by atoms with Crippen LogP contribution in [0.1, 0.15) is 23.3 Å². The molecule has 1 aromatic heterocycles. The Hall–Kier alpha value is -2.67. The number of carbonyl (C=O) groups excluding carboxylic acids is 1. The summed E-state index contributed by atoms with van der Waals surface area (Å²) in [4.78, 5) is 22.6. The number of anilines is 3. The second kappa shape index (κ2) is 8.43. The number of nitrogens with zero attached hydrogens (tertiary/aromatic N) is 3. The Morgan fingerprint density at radius 2 is 1.96 bits per heavy atom. The second-order valence-corrected chi connectivity index (χ2v) is 5.90. The van der Waals surface area contributed by atoms with Gasteiger partial charge in [-0.15, -0.1) is 0 Å². The number of ether oxygens (including phenoxy) is 1. The van der Waals surface area contributed by atoms with Crippen LogP contribution in [0.2, 0.25) is 0 Å². The minimum atomic E-state index is -0.244. The Balaban J connectivity index is 1.62. The summed E-state index contributed by atoms with van der Waals surface area (Å²) in [5, 5.41) is 5.95. The maximum Gasteiger partial charge on any atom is 0.270 e. The van der Waals surface area contributed by atoms with E-state index in [0.717, 1.165) is 18.8 Å². The van der Waals surface area contributed by atoms with E-state index in [1.807, 2.05) is 12.1 Å². The molecule has 0 bridgehead atoms. The fourth-order valence-electron chi connectivity index (χ4n) is 2.79. The van der Waals surface area contributed by atoms with Crippen LogP contribution in [0.4, 0.5) is 17.2 Å². The smallest absolute Gasteiger partial charge is 0.270 e. The van der Waals surface area contributed by atoms with Gasteiger partial charge in [-0.3, -0.25) is 4.79 Å². The quantitative estimate of drug-likeness (QED) is 0.752. The molecule has 7 nitrogen and oxygen atoms in total. The lowest BCUT2D eigenvalue weighted by atomic mass is 10.2. The highest BCUT2D eigenvalue weighted by Crippen LogP contribution is 2.23. The van der Waals surface area contributed by atoms with Crippen LogP contribution in [0.3, 0.4) is 0 Å². The highest BCUT2D eigenvalue weighted by atomic mass is 16.5. The zero-order valence-electron chi connectivity index (χ0n) is 14.4. The number of rotatable bonds is 7. The van der Waals surface area contributed by atoms with Gasteiger partial charge in [0, 0.05) is 44.2 Å². The van der Waals surface area contributed by atoms with Crippen LogP contribution in [0.15, 0.2) is 36.7 Å². The van der Waals surface area contributed by atoms with E-state index in [1.165, 1.54) is 24.9 Å². The Bertz CT molecular complexity index is 699. The Kier molecular flexibility index (Phi) is 5.79. The zero-order valence-corrected chi connectivity index (χ0v) is 14.4. The number of benzene rings is 1. The number of aromatic nitrogens is 2. The van der Waals surface area contributed by atoms with E-state index in [-0.39, 0.29) is 5.91 Å². The molecule has 2 aromatic rings. The summed E-state index contributed by atoms with van der Waals surface area (Å²) < 4.78 is 4.91. The third-order valence-electron chi connectivity index (χ3n) is 4.10. The molecule has 0 radical (unpaired) electrons. The number of hydrogen-bond acceptors (Lipinski definition) is 6. The van der Waals surface area contributed by atoms with Gasteiger partial charge in [-0.25, -0.2) is 9.97 Å². The first-order chi connectivity index (χ1) is 12.3. The van der Waals surface area contributed by atoms with Crippen molar-refractivity contribution in [2.75, 3.05) is 43.6 Å². The Labute approximate surface area is 147 Å². The molecule has 132 valence electrons. The van der Waals surface area contributed by atoms with Crippen LogP contribution >= 0.6 is 0 Å². The van der Waals surface area contributed by atoms with Crippen LogP contribution in [0, 0.1) is 0 Å². The third kappa shape index (κ3) is 4.67. The summed E-state index contributed by atoms with van der Waals surface area (Å²) >= 11 is 0. The van der Waals surface area contributed by atoms with Gasteiger partial charge in [0.2, 0.25) is 0 Å². The first-order valence-electron chi connectivity index (χ1n) is 8.47. The minimum Gasteiger partial charge on any atom is -0.383 e. The van der Waals surface area contributed by atoms with Crippen LogP contribution < -0.4 is 15.5 Å². The van der Waals surface area contributed by atoms with Crippen LogP contribution in [0.5, 0.6) is 0 Å². The molecule has 0 aliphatic carbocycles. The van der Waals surface area contributed by atoms with Gasteiger partial charge >= 0.3 is 0 Å². The number of amides is 1. The predicted molar refractivity (Wildman–Crippen MR) is 97.4 cm³/mol. The van der Waals surface area contributed by atoms with Crippen molar-refractivity contribution in [3.63, 3.8) is 0 Å². The first-order valence-corrected chi connectivity index (χ1v) is 8.47. The molecule has 1 aromatic carbocycles. The van der Waals surface area contributed by atoms with Gasteiger partial charge in [0.05, 0.1) is 6.61 Å². The van der Waals surface area contributed by atoms with E-state index in [2.05, 4.69) is 37.6 Å². The van der Waals surface area contributed by atoms with Crippen LogP contribution in [-0.4, -0.2) is 49.2 Å². The molecule has 1 fully saturated rings. The zero-order chi connectivity index (χ0) is 17.5. The average Bonchev–Trinajstić information content (AvgIpc) is 3.17. The van der Waals surface area contributed by atoms with E-state index < -0.39 is 0 Å². The second-order valence-electron chi connectivity index (χ2n) is 5.90. The van der Waals surface area contributed by atoms with E-state index in [9.17, 15) is 4.79 Å². The van der Waals surface area contributed by atoms with E-state index in [0.29, 0.717) is 24.7 Å². The summed E-state index contributed by atoms with van der Waals surface area (Å²) in [5.74, 6) is 0.340. The summed E-state index contributed by atoms with van der Waals surface area (Å²) in [6, 6.07) is 9.89. The lowest BCUT2D eigenvalue weighted by molar-refractivity contribution is 0.0932. The topological polar surface area (TPSA) is 79.4 Å². The molecule has 2 N–H and O–H groups in total. The highest BCUT2D eigenvalue weighted by molar-refractivity contribution is 5.92. The molecule has 1 aliphatic rings. The summed E-state index contributed by atoms with van der Waals surface area (Å²) in [7, 11) is 1.59. The van der Waals surface area contributed by atoms with Crippen molar-refractivity contribution in [3.05, 3.63) is 42.4 Å². The maximum absolute atomic E-state index is 12.0. The van der Waals surface area contributed by atoms with Crippen molar-refractivity contribution in [1.29, 1.82) is 0 Å². The molecule has 2 heterocycles. The van der Waals surface area contributed by atoms with Crippen molar-refractivity contribution in [2.45, 2.75) is 12.8 Å². The average molecular weight is 341 g/mol. The van der Waals surface area contributed by atoms with Gasteiger partial charge in [-0.2, -0.15) is 0 Å². The fourth-order valence-corrected chi connectivity index (χ4v) is 2.79. The Morgan fingerprint density at radius 1 is 1.20 bits per heavy atom. The molecule has 25 heavy (non-hydrogen) atoms. The van der Waals surface area contributed by atoms with Crippen LogP contribution in [-0.2, 0) is 4.74 Å². The van der Waals surface area contributed by atoms with Gasteiger partial charge in [-0.1, -0.05) is 0 Å². The molecule has 0 spiro atoms. The molecular formula is C18H23N5O2. The van der Waals surface area contributed by atoms with Crippen molar-refractivity contribution in [3.8, 4) is 0 Å². The molecule has 3 rings (SSSR count). The van der Waals surface area contributed by atoms with Gasteiger partial charge in [0.25, 0.3) is 5.91 Å². The Morgan fingerprint density at radius 3 is 2.68 bits per heavy atom. The number of carbonyl (C=O) groups is 1. The van der Waals surface area contributed by atoms with Crippen molar-refractivity contribution >= 4 is 23.1 Å². The van der Waals surface area contributed by atoms with Crippen molar-refractivity contribution in [1.82, 2.24) is 15.3 Å². The van der Waals surface area contributed by atoms with E-state index >= 15 is 0 Å². The molecule has 1 aliphatic heterocycles. The van der Waals surface area contributed by atoms with Crippen LogP contribution in [0.25, 0.3) is 0 Å². The first kappa shape index (κ1) is 17.2. The normalized spacial score (nSPS) is 13.7. The molecule has 0 atom stereocenters. The van der Waals surface area contributed by atoms with Gasteiger partial charge in [0.15, 0.2) is 0 Å². The molecular weight excluding hydrogens is 318 g/mol. The third-order valence-corrected chi connectivity index (χ3v) is 4.10. The lowest BCUT2D eigenvalue weighted by Gasteiger charge is -2.17. The van der Waals surface area contributed by atoms with E-state index in [1.54, 1.807) is 13.2 Å². The number of hydrogen-bond donors (Lipinski definition) is 2. The van der Waals surface area contributed by atoms with Crippen molar-refractivity contribution < 1.29 is 9.53 Å². The van der Waals surface area contributed by atoms with E-state index in [4.69, 9.17) is 4.74 Å². The summed E-state index contributed by atoms with van der Waals surface area (Å²) in [6.07, 6.45) is 3.90. The molecule has 1 amide bonds. The molecule has 0 unspecified atom stereocenters. The molecule has 1 saturated heterocycles. The summed E-state index contributed by atoms with van der Waals surface area (Å²) in [6.45, 7) is 3.16. The lowest BCUT2D eigenvalue weighted by Crippen LogP contribution is -2.27. The SMILES string of the molecule is COCCNC(=O)c1cc(Nc2ccc(N3CCCC3)cc2)ncn1. The number of methoxy groups -OCH3 is 1.